The number of carbonyl (C=O) groups is 1. The molecule has 7 heteroatoms. The maximum Gasteiger partial charge on any atom is 0.220 e. The van der Waals surface area contributed by atoms with E-state index in [2.05, 4.69) is 25.5 Å². The van der Waals surface area contributed by atoms with Crippen molar-refractivity contribution in [1.82, 2.24) is 25.5 Å². The highest BCUT2D eigenvalue weighted by atomic mass is 32.1. The average Bonchev–Trinajstić information content (AvgIpc) is 3.21. The first kappa shape index (κ1) is 15.4. The van der Waals surface area contributed by atoms with E-state index in [4.69, 9.17) is 0 Å². The van der Waals surface area contributed by atoms with Crippen LogP contribution in [0.4, 0.5) is 0 Å². The zero-order chi connectivity index (χ0) is 16.1. The Morgan fingerprint density at radius 2 is 2.13 bits per heavy atom. The molecule has 3 rings (SSSR count). The molecule has 0 saturated heterocycles. The van der Waals surface area contributed by atoms with Crippen LogP contribution in [0.15, 0.2) is 35.8 Å². The predicted molar refractivity (Wildman–Crippen MR) is 88.8 cm³/mol. The number of carbonyl (C=O) groups excluding carboxylic acids is 1. The third-order valence-corrected chi connectivity index (χ3v) is 4.44. The summed E-state index contributed by atoms with van der Waals surface area (Å²) in [7, 11) is 0. The van der Waals surface area contributed by atoms with Gasteiger partial charge in [-0.15, -0.1) is 11.3 Å². The number of nitrogens with zero attached hydrogens (tertiary/aromatic N) is 3. The number of hydrogen-bond donors (Lipinski definition) is 2. The van der Waals surface area contributed by atoms with Gasteiger partial charge >= 0.3 is 0 Å². The molecule has 3 aromatic rings. The van der Waals surface area contributed by atoms with Crippen LogP contribution in [-0.4, -0.2) is 26.1 Å². The minimum absolute atomic E-state index is 0.00420. The number of rotatable bonds is 6. The van der Waals surface area contributed by atoms with Gasteiger partial charge in [-0.05, 0) is 13.3 Å². The number of aromatic nitrogens is 4. The van der Waals surface area contributed by atoms with Gasteiger partial charge in [0.25, 0.3) is 0 Å². The van der Waals surface area contributed by atoms with Crippen LogP contribution in [0, 0.1) is 6.92 Å². The zero-order valence-electron chi connectivity index (χ0n) is 12.7. The molecule has 0 aliphatic carbocycles. The SMILES string of the molecule is Cc1ncsc1CCC(=O)NCc1nc(-c2ccccc2)n[nH]1. The Morgan fingerprint density at radius 1 is 1.30 bits per heavy atom. The smallest absolute Gasteiger partial charge is 0.220 e. The Labute approximate surface area is 138 Å². The second-order valence-electron chi connectivity index (χ2n) is 5.11. The van der Waals surface area contributed by atoms with Crippen LogP contribution in [0.3, 0.4) is 0 Å². The summed E-state index contributed by atoms with van der Waals surface area (Å²) in [5.41, 5.74) is 3.76. The minimum Gasteiger partial charge on any atom is -0.349 e. The van der Waals surface area contributed by atoms with E-state index in [9.17, 15) is 4.79 Å². The maximum absolute atomic E-state index is 11.9. The monoisotopic (exact) mass is 327 g/mol. The highest BCUT2D eigenvalue weighted by Crippen LogP contribution is 2.14. The van der Waals surface area contributed by atoms with E-state index in [1.807, 2.05) is 42.8 Å². The molecule has 0 radical (unpaired) electrons. The van der Waals surface area contributed by atoms with E-state index < -0.39 is 0 Å². The van der Waals surface area contributed by atoms with Crippen molar-refractivity contribution in [2.24, 2.45) is 0 Å². The molecule has 0 bridgehead atoms. The summed E-state index contributed by atoms with van der Waals surface area (Å²) in [6, 6.07) is 9.72. The molecular weight excluding hydrogens is 310 g/mol. The summed E-state index contributed by atoms with van der Waals surface area (Å²) in [4.78, 5) is 21.6. The summed E-state index contributed by atoms with van der Waals surface area (Å²) < 4.78 is 0. The number of benzene rings is 1. The van der Waals surface area contributed by atoms with Crippen LogP contribution in [0.1, 0.15) is 22.8 Å². The number of aryl methyl sites for hydroxylation is 2. The Morgan fingerprint density at radius 3 is 2.87 bits per heavy atom. The highest BCUT2D eigenvalue weighted by molar-refractivity contribution is 7.09. The van der Waals surface area contributed by atoms with Gasteiger partial charge in [0.2, 0.25) is 5.91 Å². The topological polar surface area (TPSA) is 83.6 Å². The van der Waals surface area contributed by atoms with Gasteiger partial charge < -0.3 is 5.32 Å². The largest absolute Gasteiger partial charge is 0.349 e. The number of amides is 1. The Bertz CT molecular complexity index is 781. The molecule has 1 amide bonds. The van der Waals surface area contributed by atoms with Gasteiger partial charge in [-0.2, -0.15) is 5.10 Å². The molecule has 0 saturated carbocycles. The molecule has 2 aromatic heterocycles. The first-order valence-corrected chi connectivity index (χ1v) is 8.22. The number of thiazole rings is 1. The molecule has 1 aromatic carbocycles. The fraction of sp³-hybridized carbons (Fsp3) is 0.250. The van der Waals surface area contributed by atoms with Crippen molar-refractivity contribution in [3.63, 3.8) is 0 Å². The molecule has 0 unspecified atom stereocenters. The van der Waals surface area contributed by atoms with Crippen molar-refractivity contribution >= 4 is 17.2 Å². The lowest BCUT2D eigenvalue weighted by atomic mass is 10.2. The molecule has 2 N–H and O–H groups in total. The molecule has 0 atom stereocenters. The number of nitrogens with one attached hydrogen (secondary N) is 2. The van der Waals surface area contributed by atoms with Gasteiger partial charge in [0.05, 0.1) is 17.7 Å². The van der Waals surface area contributed by atoms with E-state index in [1.165, 1.54) is 0 Å². The van der Waals surface area contributed by atoms with Gasteiger partial charge in [-0.1, -0.05) is 30.3 Å². The first-order chi connectivity index (χ1) is 11.2. The average molecular weight is 327 g/mol. The normalized spacial score (nSPS) is 10.7. The number of H-pyrrole nitrogens is 1. The summed E-state index contributed by atoms with van der Waals surface area (Å²) in [6.07, 6.45) is 1.16. The lowest BCUT2D eigenvalue weighted by Crippen LogP contribution is -2.23. The van der Waals surface area contributed by atoms with Gasteiger partial charge in [0, 0.05) is 16.9 Å². The van der Waals surface area contributed by atoms with Gasteiger partial charge in [0.1, 0.15) is 5.82 Å². The molecular formula is C16H17N5OS. The molecule has 0 aliphatic rings. The standard InChI is InChI=1S/C16H17N5OS/c1-11-13(23-10-18-11)7-8-15(22)17-9-14-19-16(21-20-14)12-5-3-2-4-6-12/h2-6,10H,7-9H2,1H3,(H,17,22)(H,19,20,21). The molecule has 2 heterocycles. The third-order valence-electron chi connectivity index (χ3n) is 3.44. The van der Waals surface area contributed by atoms with Crippen LogP contribution in [0.25, 0.3) is 11.4 Å². The van der Waals surface area contributed by atoms with Gasteiger partial charge in [0.15, 0.2) is 5.82 Å². The highest BCUT2D eigenvalue weighted by Gasteiger charge is 2.09. The number of hydrogen-bond acceptors (Lipinski definition) is 5. The second-order valence-corrected chi connectivity index (χ2v) is 6.05. The minimum atomic E-state index is -0.00420. The first-order valence-electron chi connectivity index (χ1n) is 7.35. The molecule has 0 fully saturated rings. The van der Waals surface area contributed by atoms with Crippen LogP contribution >= 0.6 is 11.3 Å². The Balaban J connectivity index is 1.50. The molecule has 6 nitrogen and oxygen atoms in total. The molecule has 118 valence electrons. The summed E-state index contributed by atoms with van der Waals surface area (Å²) in [5, 5.41) is 9.88. The Kier molecular flexibility index (Phi) is 4.77. The van der Waals surface area contributed by atoms with E-state index in [0.29, 0.717) is 31.0 Å². The van der Waals surface area contributed by atoms with Crippen molar-refractivity contribution in [2.75, 3.05) is 0 Å². The van der Waals surface area contributed by atoms with Crippen molar-refractivity contribution in [3.8, 4) is 11.4 Å². The van der Waals surface area contributed by atoms with E-state index in [0.717, 1.165) is 16.1 Å². The van der Waals surface area contributed by atoms with E-state index >= 15 is 0 Å². The maximum atomic E-state index is 11.9. The van der Waals surface area contributed by atoms with Crippen LogP contribution in [0.5, 0.6) is 0 Å². The fourth-order valence-electron chi connectivity index (χ4n) is 2.15. The zero-order valence-corrected chi connectivity index (χ0v) is 13.6. The van der Waals surface area contributed by atoms with Crippen molar-refractivity contribution < 1.29 is 4.79 Å². The second kappa shape index (κ2) is 7.15. The van der Waals surface area contributed by atoms with Crippen LogP contribution in [0.2, 0.25) is 0 Å². The van der Waals surface area contributed by atoms with Crippen LogP contribution in [-0.2, 0) is 17.8 Å². The molecule has 23 heavy (non-hydrogen) atoms. The number of aromatic amines is 1. The molecule has 0 aliphatic heterocycles. The fourth-order valence-corrected chi connectivity index (χ4v) is 2.94. The van der Waals surface area contributed by atoms with Crippen molar-refractivity contribution in [3.05, 3.63) is 52.2 Å². The summed E-state index contributed by atoms with van der Waals surface area (Å²) in [5.74, 6) is 1.27. The summed E-state index contributed by atoms with van der Waals surface area (Å²) >= 11 is 1.59. The van der Waals surface area contributed by atoms with Gasteiger partial charge in [-0.3, -0.25) is 9.89 Å². The Hall–Kier alpha value is -2.54. The molecule has 0 spiro atoms. The predicted octanol–water partition coefficient (Wildman–Crippen LogP) is 2.49. The van der Waals surface area contributed by atoms with E-state index in [1.54, 1.807) is 11.3 Å². The third kappa shape index (κ3) is 4.01. The van der Waals surface area contributed by atoms with Crippen molar-refractivity contribution in [2.45, 2.75) is 26.3 Å². The van der Waals surface area contributed by atoms with Gasteiger partial charge in [-0.25, -0.2) is 9.97 Å². The summed E-state index contributed by atoms with van der Waals surface area (Å²) in [6.45, 7) is 2.31. The lowest BCUT2D eigenvalue weighted by molar-refractivity contribution is -0.121. The van der Waals surface area contributed by atoms with E-state index in [-0.39, 0.29) is 5.91 Å². The van der Waals surface area contributed by atoms with Crippen LogP contribution < -0.4 is 5.32 Å². The quantitative estimate of drug-likeness (QED) is 0.728. The lowest BCUT2D eigenvalue weighted by Gasteiger charge is -2.02. The van der Waals surface area contributed by atoms with Crippen molar-refractivity contribution in [1.29, 1.82) is 0 Å².